The number of benzene rings is 2. The minimum absolute atomic E-state index is 0.0425. The van der Waals surface area contributed by atoms with Gasteiger partial charge in [0.15, 0.2) is 0 Å². The van der Waals surface area contributed by atoms with E-state index in [9.17, 15) is 13.2 Å². The van der Waals surface area contributed by atoms with Crippen molar-refractivity contribution in [2.24, 2.45) is 0 Å². The normalized spacial score (nSPS) is 13.6. The summed E-state index contributed by atoms with van der Waals surface area (Å²) in [5, 5.41) is 3.17. The number of hydrogen-bond acceptors (Lipinski definition) is 5. The van der Waals surface area contributed by atoms with Gasteiger partial charge in [-0.1, -0.05) is 0 Å². The summed E-state index contributed by atoms with van der Waals surface area (Å²) in [6.07, 6.45) is 0.219. The summed E-state index contributed by atoms with van der Waals surface area (Å²) < 4.78 is 32.8. The maximum atomic E-state index is 12.6. The molecule has 2 aromatic rings. The number of sulfonamides is 1. The predicted octanol–water partition coefficient (Wildman–Crippen LogP) is 2.06. The van der Waals surface area contributed by atoms with Gasteiger partial charge in [-0.05, 0) is 48.0 Å². The first kappa shape index (κ1) is 18.2. The lowest BCUT2D eigenvalue weighted by molar-refractivity contribution is -0.117. The molecule has 1 aliphatic rings. The van der Waals surface area contributed by atoms with Gasteiger partial charge in [-0.2, -0.15) is 0 Å². The molecule has 1 aliphatic heterocycles. The van der Waals surface area contributed by atoms with Crippen molar-refractivity contribution in [3.63, 3.8) is 0 Å². The zero-order valence-corrected chi connectivity index (χ0v) is 15.5. The predicted molar refractivity (Wildman–Crippen MR) is 101 cm³/mol. The largest absolute Gasteiger partial charge is 0.383 e. The lowest BCUT2D eigenvalue weighted by Crippen LogP contribution is -2.20. The van der Waals surface area contributed by atoms with E-state index in [0.29, 0.717) is 18.8 Å². The Morgan fingerprint density at radius 2 is 1.81 bits per heavy atom. The third-order valence-electron chi connectivity index (χ3n) is 4.21. The highest BCUT2D eigenvalue weighted by Crippen LogP contribution is 2.30. The molecule has 1 heterocycles. The SMILES string of the molecule is COCCNc1ccc(NS(=O)(=O)c2ccc3c(c2)CC(=O)N3C)cc1. The number of nitrogens with one attached hydrogen (secondary N) is 2. The fourth-order valence-corrected chi connectivity index (χ4v) is 3.89. The van der Waals surface area contributed by atoms with Crippen molar-refractivity contribution in [1.82, 2.24) is 0 Å². The lowest BCUT2D eigenvalue weighted by atomic mass is 10.2. The van der Waals surface area contributed by atoms with Crippen molar-refractivity contribution in [2.75, 3.05) is 42.2 Å². The molecule has 0 fully saturated rings. The number of hydrogen-bond donors (Lipinski definition) is 2. The molecule has 138 valence electrons. The van der Waals surface area contributed by atoms with E-state index in [1.165, 1.54) is 11.0 Å². The third kappa shape index (κ3) is 3.81. The van der Waals surface area contributed by atoms with Gasteiger partial charge in [0.2, 0.25) is 5.91 Å². The van der Waals surface area contributed by atoms with Crippen molar-refractivity contribution in [3.05, 3.63) is 48.0 Å². The Morgan fingerprint density at radius 1 is 1.12 bits per heavy atom. The van der Waals surface area contributed by atoms with Gasteiger partial charge in [0.05, 0.1) is 17.9 Å². The number of likely N-dealkylation sites (N-methyl/N-ethyl adjacent to an activating group) is 1. The molecule has 7 nitrogen and oxygen atoms in total. The van der Waals surface area contributed by atoms with E-state index in [2.05, 4.69) is 10.0 Å². The first-order valence-corrected chi connectivity index (χ1v) is 9.64. The number of rotatable bonds is 7. The summed E-state index contributed by atoms with van der Waals surface area (Å²) in [5.74, 6) is -0.0425. The maximum absolute atomic E-state index is 12.6. The summed E-state index contributed by atoms with van der Waals surface area (Å²) in [5.41, 5.74) is 2.82. The quantitative estimate of drug-likeness (QED) is 0.724. The molecule has 3 rings (SSSR count). The molecular weight excluding hydrogens is 354 g/mol. The van der Waals surface area contributed by atoms with Crippen LogP contribution in [0.25, 0.3) is 0 Å². The molecule has 0 spiro atoms. The number of carbonyl (C=O) groups is 1. The Hall–Kier alpha value is -2.58. The Morgan fingerprint density at radius 3 is 2.50 bits per heavy atom. The van der Waals surface area contributed by atoms with Gasteiger partial charge in [0, 0.05) is 37.8 Å². The molecule has 0 radical (unpaired) electrons. The molecule has 2 N–H and O–H groups in total. The van der Waals surface area contributed by atoms with E-state index in [0.717, 1.165) is 16.9 Å². The zero-order chi connectivity index (χ0) is 18.7. The van der Waals surface area contributed by atoms with Gasteiger partial charge in [0.25, 0.3) is 10.0 Å². The molecule has 0 saturated carbocycles. The smallest absolute Gasteiger partial charge is 0.261 e. The van der Waals surface area contributed by atoms with Crippen LogP contribution in [0.3, 0.4) is 0 Å². The number of amides is 1. The number of methoxy groups -OCH3 is 1. The lowest BCUT2D eigenvalue weighted by Gasteiger charge is -2.12. The number of nitrogens with zero attached hydrogens (tertiary/aromatic N) is 1. The van der Waals surface area contributed by atoms with Crippen LogP contribution in [0.4, 0.5) is 17.1 Å². The van der Waals surface area contributed by atoms with Crippen LogP contribution in [0.2, 0.25) is 0 Å². The number of fused-ring (bicyclic) bond motifs is 1. The summed E-state index contributed by atoms with van der Waals surface area (Å²) in [4.78, 5) is 13.4. The van der Waals surface area contributed by atoms with Gasteiger partial charge in [0.1, 0.15) is 0 Å². The van der Waals surface area contributed by atoms with Gasteiger partial charge in [-0.25, -0.2) is 8.42 Å². The highest BCUT2D eigenvalue weighted by Gasteiger charge is 2.26. The van der Waals surface area contributed by atoms with E-state index in [-0.39, 0.29) is 17.2 Å². The van der Waals surface area contributed by atoms with Crippen molar-refractivity contribution >= 4 is 33.0 Å². The second-order valence-electron chi connectivity index (χ2n) is 6.02. The molecule has 0 bridgehead atoms. The molecule has 0 aromatic heterocycles. The van der Waals surface area contributed by atoms with Gasteiger partial charge >= 0.3 is 0 Å². The first-order chi connectivity index (χ1) is 12.4. The van der Waals surface area contributed by atoms with E-state index in [1.807, 2.05) is 0 Å². The van der Waals surface area contributed by atoms with Crippen LogP contribution in [0.5, 0.6) is 0 Å². The van der Waals surface area contributed by atoms with Crippen LogP contribution in [-0.2, 0) is 26.0 Å². The zero-order valence-electron chi connectivity index (χ0n) is 14.7. The van der Waals surface area contributed by atoms with Crippen LogP contribution in [-0.4, -0.2) is 41.6 Å². The van der Waals surface area contributed by atoms with Gasteiger partial charge < -0.3 is 15.0 Å². The Bertz CT molecular complexity index is 911. The third-order valence-corrected chi connectivity index (χ3v) is 5.59. The fourth-order valence-electron chi connectivity index (χ4n) is 2.78. The second-order valence-corrected chi connectivity index (χ2v) is 7.70. The number of carbonyl (C=O) groups excluding carboxylic acids is 1. The molecule has 0 unspecified atom stereocenters. The van der Waals surface area contributed by atoms with Crippen molar-refractivity contribution in [2.45, 2.75) is 11.3 Å². The Kier molecular flexibility index (Phi) is 5.15. The molecule has 0 saturated heterocycles. The van der Waals surface area contributed by atoms with E-state index in [1.54, 1.807) is 50.6 Å². The summed E-state index contributed by atoms with van der Waals surface area (Å²) in [6.45, 7) is 1.26. The molecule has 2 aromatic carbocycles. The average Bonchev–Trinajstić information content (AvgIpc) is 2.90. The standard InChI is InChI=1S/C18H21N3O4S/c1-21-17-8-7-16(11-13(17)12-18(21)22)26(23,24)20-15-5-3-14(4-6-15)19-9-10-25-2/h3-8,11,19-20H,9-10,12H2,1-2H3. The topological polar surface area (TPSA) is 87.7 Å². The molecule has 0 aliphatic carbocycles. The van der Waals surface area contributed by atoms with Crippen LogP contribution in [0, 0.1) is 0 Å². The van der Waals surface area contributed by atoms with Crippen molar-refractivity contribution in [3.8, 4) is 0 Å². The van der Waals surface area contributed by atoms with Crippen LogP contribution >= 0.6 is 0 Å². The summed E-state index contributed by atoms with van der Waals surface area (Å²) in [6, 6.07) is 11.7. The van der Waals surface area contributed by atoms with Gasteiger partial charge in [-0.3, -0.25) is 9.52 Å². The molecule has 26 heavy (non-hydrogen) atoms. The van der Waals surface area contributed by atoms with Crippen LogP contribution < -0.4 is 14.9 Å². The average molecular weight is 375 g/mol. The Balaban J connectivity index is 1.73. The first-order valence-electron chi connectivity index (χ1n) is 8.16. The minimum Gasteiger partial charge on any atom is -0.383 e. The van der Waals surface area contributed by atoms with E-state index >= 15 is 0 Å². The van der Waals surface area contributed by atoms with Crippen molar-refractivity contribution < 1.29 is 17.9 Å². The summed E-state index contributed by atoms with van der Waals surface area (Å²) >= 11 is 0. The summed E-state index contributed by atoms with van der Waals surface area (Å²) in [7, 11) is -0.409. The highest BCUT2D eigenvalue weighted by atomic mass is 32.2. The van der Waals surface area contributed by atoms with E-state index in [4.69, 9.17) is 4.74 Å². The van der Waals surface area contributed by atoms with Crippen LogP contribution in [0.15, 0.2) is 47.4 Å². The Labute approximate surface area is 153 Å². The second kappa shape index (κ2) is 7.35. The number of anilines is 3. The van der Waals surface area contributed by atoms with Crippen molar-refractivity contribution in [1.29, 1.82) is 0 Å². The van der Waals surface area contributed by atoms with E-state index < -0.39 is 10.0 Å². The molecule has 0 atom stereocenters. The minimum atomic E-state index is -3.72. The molecule has 1 amide bonds. The van der Waals surface area contributed by atoms with Crippen LogP contribution in [0.1, 0.15) is 5.56 Å². The molecular formula is C18H21N3O4S. The number of ether oxygens (including phenoxy) is 1. The van der Waals surface area contributed by atoms with Gasteiger partial charge in [-0.15, -0.1) is 0 Å². The maximum Gasteiger partial charge on any atom is 0.261 e. The highest BCUT2D eigenvalue weighted by molar-refractivity contribution is 7.92. The monoisotopic (exact) mass is 375 g/mol. The fraction of sp³-hybridized carbons (Fsp3) is 0.278. The molecule has 8 heteroatoms.